The number of esters is 1. The number of carboxylic acid groups (broad SMARTS) is 1. The zero-order chi connectivity index (χ0) is 15.7. The first-order chi connectivity index (χ1) is 9.86. The van der Waals surface area contributed by atoms with Crippen molar-refractivity contribution >= 4 is 23.0 Å². The molecule has 1 aromatic heterocycles. The number of imidazole rings is 1. The van der Waals surface area contributed by atoms with E-state index in [0.717, 1.165) is 11.3 Å². The lowest BCUT2D eigenvalue weighted by Gasteiger charge is -2.17. The van der Waals surface area contributed by atoms with Gasteiger partial charge in [0, 0.05) is 5.92 Å². The third-order valence-electron chi connectivity index (χ3n) is 3.41. The molecule has 0 saturated heterocycles. The van der Waals surface area contributed by atoms with Crippen molar-refractivity contribution in [3.8, 4) is 0 Å². The monoisotopic (exact) mass is 290 g/mol. The van der Waals surface area contributed by atoms with E-state index in [4.69, 9.17) is 9.84 Å². The van der Waals surface area contributed by atoms with Gasteiger partial charge in [-0.25, -0.2) is 14.6 Å². The lowest BCUT2D eigenvalue weighted by atomic mass is 10.2. The van der Waals surface area contributed by atoms with E-state index >= 15 is 0 Å². The molecule has 2 rings (SSSR count). The normalized spacial score (nSPS) is 12.6. The van der Waals surface area contributed by atoms with Gasteiger partial charge in [-0.1, -0.05) is 13.8 Å². The second-order valence-corrected chi connectivity index (χ2v) is 5.20. The van der Waals surface area contributed by atoms with Gasteiger partial charge in [0.15, 0.2) is 0 Å². The van der Waals surface area contributed by atoms with Crippen LogP contribution in [0.4, 0.5) is 0 Å². The van der Waals surface area contributed by atoms with Gasteiger partial charge in [-0.05, 0) is 25.1 Å². The Balaban J connectivity index is 2.69. The van der Waals surface area contributed by atoms with E-state index in [1.54, 1.807) is 17.6 Å². The molecule has 0 aliphatic heterocycles. The second-order valence-electron chi connectivity index (χ2n) is 5.20. The molecule has 0 spiro atoms. The zero-order valence-corrected chi connectivity index (χ0v) is 12.5. The molecular formula is C15H18N2O4. The van der Waals surface area contributed by atoms with Crippen LogP contribution < -0.4 is 0 Å². The van der Waals surface area contributed by atoms with Crippen molar-refractivity contribution in [3.63, 3.8) is 0 Å². The minimum absolute atomic E-state index is 0.0952. The van der Waals surface area contributed by atoms with Crippen molar-refractivity contribution in [2.75, 3.05) is 7.11 Å². The van der Waals surface area contributed by atoms with Crippen molar-refractivity contribution in [2.45, 2.75) is 32.7 Å². The van der Waals surface area contributed by atoms with E-state index in [9.17, 15) is 9.59 Å². The van der Waals surface area contributed by atoms with E-state index < -0.39 is 12.0 Å². The van der Waals surface area contributed by atoms with E-state index in [1.807, 2.05) is 13.8 Å². The molecule has 1 atom stereocenters. The van der Waals surface area contributed by atoms with Gasteiger partial charge in [0.1, 0.15) is 11.9 Å². The summed E-state index contributed by atoms with van der Waals surface area (Å²) in [5.41, 5.74) is 1.46. The Morgan fingerprint density at radius 3 is 2.48 bits per heavy atom. The molecule has 1 aromatic carbocycles. The fourth-order valence-electron chi connectivity index (χ4n) is 2.34. The van der Waals surface area contributed by atoms with Crippen LogP contribution in [0.15, 0.2) is 18.2 Å². The number of aromatic nitrogens is 2. The van der Waals surface area contributed by atoms with E-state index in [2.05, 4.69) is 4.98 Å². The van der Waals surface area contributed by atoms with Gasteiger partial charge in [0.25, 0.3) is 0 Å². The van der Waals surface area contributed by atoms with Crippen molar-refractivity contribution in [1.82, 2.24) is 9.55 Å². The Morgan fingerprint density at radius 2 is 1.95 bits per heavy atom. The number of aromatic carboxylic acids is 1. The highest BCUT2D eigenvalue weighted by Gasteiger charge is 2.23. The third kappa shape index (κ3) is 2.61. The van der Waals surface area contributed by atoms with Gasteiger partial charge in [-0.15, -0.1) is 0 Å². The summed E-state index contributed by atoms with van der Waals surface area (Å²) in [5, 5.41) is 9.06. The van der Waals surface area contributed by atoms with Crippen molar-refractivity contribution in [3.05, 3.63) is 29.6 Å². The number of nitrogens with zero attached hydrogens (tertiary/aromatic N) is 2. The Labute approximate surface area is 122 Å². The molecule has 0 aliphatic rings. The number of ether oxygens (including phenoxy) is 1. The molecule has 6 heteroatoms. The molecule has 21 heavy (non-hydrogen) atoms. The summed E-state index contributed by atoms with van der Waals surface area (Å²) in [6.45, 7) is 5.68. The number of hydrogen-bond acceptors (Lipinski definition) is 4. The standard InChI is InChI=1S/C15H18N2O4/c1-8(2)13-16-11-7-10(14(18)19)5-6-12(11)17(13)9(3)15(20)21-4/h5-9H,1-4H3,(H,18,19). The zero-order valence-electron chi connectivity index (χ0n) is 12.5. The molecular weight excluding hydrogens is 272 g/mol. The molecule has 112 valence electrons. The summed E-state index contributed by atoms with van der Waals surface area (Å²) in [4.78, 5) is 27.4. The summed E-state index contributed by atoms with van der Waals surface area (Å²) in [5.74, 6) is -0.541. The maximum absolute atomic E-state index is 11.8. The number of methoxy groups -OCH3 is 1. The van der Waals surface area contributed by atoms with Crippen LogP contribution in [0.1, 0.15) is 48.9 Å². The van der Waals surface area contributed by atoms with Crippen molar-refractivity contribution in [2.24, 2.45) is 0 Å². The van der Waals surface area contributed by atoms with Gasteiger partial charge < -0.3 is 14.4 Å². The fraction of sp³-hybridized carbons (Fsp3) is 0.400. The van der Waals surface area contributed by atoms with Crippen LogP contribution in [0.3, 0.4) is 0 Å². The summed E-state index contributed by atoms with van der Waals surface area (Å²) in [7, 11) is 1.34. The van der Waals surface area contributed by atoms with Crippen LogP contribution in [-0.4, -0.2) is 33.7 Å². The number of carboxylic acids is 1. The highest BCUT2D eigenvalue weighted by molar-refractivity contribution is 5.93. The largest absolute Gasteiger partial charge is 0.478 e. The van der Waals surface area contributed by atoms with E-state index in [1.165, 1.54) is 19.2 Å². The van der Waals surface area contributed by atoms with E-state index in [-0.39, 0.29) is 17.5 Å². The number of carbonyl (C=O) groups is 2. The molecule has 2 aromatic rings. The Morgan fingerprint density at radius 1 is 1.29 bits per heavy atom. The van der Waals surface area contributed by atoms with Gasteiger partial charge in [0.2, 0.25) is 0 Å². The maximum Gasteiger partial charge on any atom is 0.335 e. The summed E-state index contributed by atoms with van der Waals surface area (Å²) in [6.07, 6.45) is 0. The predicted molar refractivity (Wildman–Crippen MR) is 77.5 cm³/mol. The number of benzene rings is 1. The minimum Gasteiger partial charge on any atom is -0.478 e. The molecule has 0 saturated carbocycles. The Bertz CT molecular complexity index is 703. The molecule has 0 bridgehead atoms. The van der Waals surface area contributed by atoms with Crippen LogP contribution in [0.25, 0.3) is 11.0 Å². The number of rotatable bonds is 4. The topological polar surface area (TPSA) is 81.4 Å². The lowest BCUT2D eigenvalue weighted by Crippen LogP contribution is -2.20. The van der Waals surface area contributed by atoms with Crippen LogP contribution >= 0.6 is 0 Å². The average molecular weight is 290 g/mol. The third-order valence-corrected chi connectivity index (χ3v) is 3.41. The Hall–Kier alpha value is -2.37. The van der Waals surface area contributed by atoms with Crippen LogP contribution in [0, 0.1) is 0 Å². The predicted octanol–water partition coefficient (Wildman–Crippen LogP) is 2.59. The van der Waals surface area contributed by atoms with Gasteiger partial charge in [0.05, 0.1) is 23.7 Å². The first kappa shape index (κ1) is 15.0. The first-order valence-electron chi connectivity index (χ1n) is 6.69. The SMILES string of the molecule is COC(=O)C(C)n1c(C(C)C)nc2cc(C(=O)O)ccc21. The van der Waals surface area contributed by atoms with Crippen molar-refractivity contribution < 1.29 is 19.4 Å². The highest BCUT2D eigenvalue weighted by atomic mass is 16.5. The lowest BCUT2D eigenvalue weighted by molar-refractivity contribution is -0.144. The molecule has 0 aliphatic carbocycles. The van der Waals surface area contributed by atoms with Crippen LogP contribution in [-0.2, 0) is 9.53 Å². The fourth-order valence-corrected chi connectivity index (χ4v) is 2.34. The summed E-state index contributed by atoms with van der Waals surface area (Å²) in [6, 6.07) is 4.19. The molecule has 0 fully saturated rings. The number of hydrogen-bond donors (Lipinski definition) is 1. The molecule has 0 amide bonds. The Kier molecular flexibility index (Phi) is 3.97. The second kappa shape index (κ2) is 5.55. The van der Waals surface area contributed by atoms with Crippen LogP contribution in [0.2, 0.25) is 0 Å². The van der Waals surface area contributed by atoms with E-state index in [0.29, 0.717) is 5.52 Å². The summed E-state index contributed by atoms with van der Waals surface area (Å²) < 4.78 is 6.60. The van der Waals surface area contributed by atoms with Gasteiger partial charge in [-0.3, -0.25) is 0 Å². The smallest absolute Gasteiger partial charge is 0.335 e. The van der Waals surface area contributed by atoms with Crippen LogP contribution in [0.5, 0.6) is 0 Å². The van der Waals surface area contributed by atoms with Gasteiger partial charge in [-0.2, -0.15) is 0 Å². The highest BCUT2D eigenvalue weighted by Crippen LogP contribution is 2.27. The van der Waals surface area contributed by atoms with Crippen molar-refractivity contribution in [1.29, 1.82) is 0 Å². The molecule has 0 radical (unpaired) electrons. The molecule has 6 nitrogen and oxygen atoms in total. The molecule has 1 unspecified atom stereocenters. The molecule has 1 N–H and O–H groups in total. The quantitative estimate of drug-likeness (QED) is 0.875. The average Bonchev–Trinajstić information content (AvgIpc) is 2.84. The maximum atomic E-state index is 11.8. The van der Waals surface area contributed by atoms with Gasteiger partial charge >= 0.3 is 11.9 Å². The number of carbonyl (C=O) groups excluding carboxylic acids is 1. The summed E-state index contributed by atoms with van der Waals surface area (Å²) >= 11 is 0. The minimum atomic E-state index is -1.00. The first-order valence-corrected chi connectivity index (χ1v) is 6.69. The molecule has 1 heterocycles. The number of fused-ring (bicyclic) bond motifs is 1.